The van der Waals surface area contributed by atoms with Crippen molar-refractivity contribution in [2.75, 3.05) is 0 Å². The molecule has 0 aliphatic carbocycles. The predicted octanol–water partition coefficient (Wildman–Crippen LogP) is -1.24. The van der Waals surface area contributed by atoms with Crippen molar-refractivity contribution in [3.63, 3.8) is 0 Å². The SMILES string of the molecule is OB(O)Oc1ccn[nH]1.[Pt]. The van der Waals surface area contributed by atoms with E-state index in [0.717, 1.165) is 0 Å². The molecule has 0 saturated carbocycles. The smallest absolute Gasteiger partial charge is 0.498 e. The van der Waals surface area contributed by atoms with Crippen molar-refractivity contribution in [1.82, 2.24) is 10.2 Å². The Kier molecular flexibility index (Phi) is 4.35. The van der Waals surface area contributed by atoms with E-state index in [2.05, 4.69) is 14.9 Å². The van der Waals surface area contributed by atoms with Gasteiger partial charge in [-0.1, -0.05) is 0 Å². The van der Waals surface area contributed by atoms with Crippen LogP contribution in [-0.4, -0.2) is 27.6 Å². The molecule has 0 aliphatic rings. The van der Waals surface area contributed by atoms with Gasteiger partial charge in [-0.15, -0.1) is 0 Å². The average molecular weight is 323 g/mol. The van der Waals surface area contributed by atoms with Gasteiger partial charge in [0.1, 0.15) is 0 Å². The van der Waals surface area contributed by atoms with Gasteiger partial charge in [0, 0.05) is 27.1 Å². The zero-order chi connectivity index (χ0) is 6.69. The van der Waals surface area contributed by atoms with Crippen molar-refractivity contribution < 1.29 is 35.8 Å². The van der Waals surface area contributed by atoms with Crippen LogP contribution in [0.1, 0.15) is 0 Å². The molecule has 1 heterocycles. The molecule has 0 bridgehead atoms. The monoisotopic (exact) mass is 323 g/mol. The summed E-state index contributed by atoms with van der Waals surface area (Å²) in [6, 6.07) is 1.47. The van der Waals surface area contributed by atoms with Crippen LogP contribution in [0.15, 0.2) is 12.3 Å². The average Bonchev–Trinajstić information content (AvgIpc) is 2.15. The summed E-state index contributed by atoms with van der Waals surface area (Å²) in [4.78, 5) is 0. The third-order valence-corrected chi connectivity index (χ3v) is 0.708. The van der Waals surface area contributed by atoms with Gasteiger partial charge in [-0.25, -0.2) is 5.10 Å². The fourth-order valence-electron chi connectivity index (χ4n) is 0.422. The topological polar surface area (TPSA) is 78.4 Å². The number of rotatable bonds is 2. The molecule has 1 aromatic heterocycles. The first kappa shape index (κ1) is 9.68. The molecule has 1 aromatic rings. The number of hydrogen-bond donors (Lipinski definition) is 3. The minimum absolute atomic E-state index is 0. The number of nitrogens with zero attached hydrogens (tertiary/aromatic N) is 1. The second-order valence-corrected chi connectivity index (χ2v) is 1.37. The van der Waals surface area contributed by atoms with Gasteiger partial charge in [-0.2, -0.15) is 5.10 Å². The maximum absolute atomic E-state index is 8.21. The number of aromatic amines is 1. The van der Waals surface area contributed by atoms with E-state index < -0.39 is 7.32 Å². The molecular formula is C3H5BN2O3Pt. The third-order valence-electron chi connectivity index (χ3n) is 0.708. The van der Waals surface area contributed by atoms with E-state index >= 15 is 0 Å². The minimum Gasteiger partial charge on any atom is -0.498 e. The Bertz CT molecular complexity index is 168. The van der Waals surface area contributed by atoms with E-state index in [9.17, 15) is 0 Å². The zero-order valence-electron chi connectivity index (χ0n) is 4.80. The van der Waals surface area contributed by atoms with Crippen LogP contribution in [0.25, 0.3) is 0 Å². The summed E-state index contributed by atoms with van der Waals surface area (Å²) < 4.78 is 4.35. The summed E-state index contributed by atoms with van der Waals surface area (Å²) in [5.41, 5.74) is 0. The van der Waals surface area contributed by atoms with Gasteiger partial charge in [0.15, 0.2) is 5.88 Å². The standard InChI is InChI=1S/C3H5BN2O3.Pt/c7-4(8)9-3-1-2-5-6-3;/h1-2,7-8H,(H,5,6);. The van der Waals surface area contributed by atoms with Crippen molar-refractivity contribution in [2.45, 2.75) is 0 Å². The number of hydrogen-bond acceptors (Lipinski definition) is 4. The van der Waals surface area contributed by atoms with Gasteiger partial charge in [0.05, 0.1) is 6.20 Å². The van der Waals surface area contributed by atoms with Crippen LogP contribution in [0.3, 0.4) is 0 Å². The fourth-order valence-corrected chi connectivity index (χ4v) is 0.422. The van der Waals surface area contributed by atoms with Crippen molar-refractivity contribution in [2.24, 2.45) is 0 Å². The summed E-state index contributed by atoms with van der Waals surface area (Å²) in [7, 11) is -1.79. The van der Waals surface area contributed by atoms with E-state index in [1.807, 2.05) is 0 Å². The van der Waals surface area contributed by atoms with Crippen LogP contribution in [-0.2, 0) is 21.1 Å². The Morgan fingerprint density at radius 1 is 1.60 bits per heavy atom. The van der Waals surface area contributed by atoms with Crippen molar-refractivity contribution in [1.29, 1.82) is 0 Å². The number of aromatic nitrogens is 2. The fraction of sp³-hybridized carbons (Fsp3) is 0. The molecule has 58 valence electrons. The molecule has 7 heteroatoms. The molecular weight excluding hydrogens is 318 g/mol. The van der Waals surface area contributed by atoms with Crippen molar-refractivity contribution in [3.8, 4) is 5.88 Å². The first-order valence-corrected chi connectivity index (χ1v) is 2.31. The first-order valence-electron chi connectivity index (χ1n) is 2.31. The Labute approximate surface area is 71.8 Å². The van der Waals surface area contributed by atoms with Crippen LogP contribution in [0.5, 0.6) is 5.88 Å². The van der Waals surface area contributed by atoms with Crippen LogP contribution < -0.4 is 4.65 Å². The zero-order valence-corrected chi connectivity index (χ0v) is 7.07. The summed E-state index contributed by atoms with van der Waals surface area (Å²) in [6.07, 6.45) is 1.44. The van der Waals surface area contributed by atoms with E-state index in [-0.39, 0.29) is 26.9 Å². The molecule has 3 N–H and O–H groups in total. The van der Waals surface area contributed by atoms with E-state index in [0.29, 0.717) is 0 Å². The molecule has 0 amide bonds. The second-order valence-electron chi connectivity index (χ2n) is 1.37. The molecule has 5 nitrogen and oxygen atoms in total. The molecule has 1 rings (SSSR count). The molecule has 0 unspecified atom stereocenters. The van der Waals surface area contributed by atoms with Gasteiger partial charge in [0.25, 0.3) is 0 Å². The van der Waals surface area contributed by atoms with Crippen LogP contribution in [0.2, 0.25) is 0 Å². The van der Waals surface area contributed by atoms with Gasteiger partial charge in [0.2, 0.25) is 0 Å². The molecule has 0 aromatic carbocycles. The maximum atomic E-state index is 8.21. The Morgan fingerprint density at radius 3 is 2.70 bits per heavy atom. The largest absolute Gasteiger partial charge is 0.708 e. The quantitative estimate of drug-likeness (QED) is 0.595. The Hall–Kier alpha value is -0.317. The van der Waals surface area contributed by atoms with E-state index in [4.69, 9.17) is 10.0 Å². The molecule has 10 heavy (non-hydrogen) atoms. The van der Waals surface area contributed by atoms with Crippen LogP contribution in [0, 0.1) is 0 Å². The maximum Gasteiger partial charge on any atom is 0.708 e. The van der Waals surface area contributed by atoms with Gasteiger partial charge >= 0.3 is 7.32 Å². The van der Waals surface area contributed by atoms with Crippen LogP contribution in [0.4, 0.5) is 0 Å². The van der Waals surface area contributed by atoms with Gasteiger partial charge in [-0.05, 0) is 0 Å². The van der Waals surface area contributed by atoms with E-state index in [1.165, 1.54) is 12.3 Å². The Balaban J connectivity index is 0.000000810. The van der Waals surface area contributed by atoms with Gasteiger partial charge in [-0.3, -0.25) is 0 Å². The summed E-state index contributed by atoms with van der Waals surface area (Å²) in [5, 5.41) is 22.3. The predicted molar refractivity (Wildman–Crippen MR) is 29.4 cm³/mol. The summed E-state index contributed by atoms with van der Waals surface area (Å²) in [5.74, 6) is 0.227. The second kappa shape index (κ2) is 4.49. The molecule has 0 saturated heterocycles. The molecule has 0 fully saturated rings. The Morgan fingerprint density at radius 2 is 2.30 bits per heavy atom. The molecule has 0 atom stereocenters. The number of nitrogens with one attached hydrogen (secondary N) is 1. The first-order chi connectivity index (χ1) is 4.29. The summed E-state index contributed by atoms with van der Waals surface area (Å²) >= 11 is 0. The van der Waals surface area contributed by atoms with Crippen molar-refractivity contribution >= 4 is 7.32 Å². The van der Waals surface area contributed by atoms with Crippen molar-refractivity contribution in [3.05, 3.63) is 12.3 Å². The molecule has 0 radical (unpaired) electrons. The summed E-state index contributed by atoms with van der Waals surface area (Å²) in [6.45, 7) is 0. The minimum atomic E-state index is -1.79. The van der Waals surface area contributed by atoms with E-state index in [1.54, 1.807) is 0 Å². The third kappa shape index (κ3) is 3.01. The van der Waals surface area contributed by atoms with Crippen LogP contribution >= 0.6 is 0 Å². The number of H-pyrrole nitrogens is 1. The molecule has 0 spiro atoms. The van der Waals surface area contributed by atoms with Gasteiger partial charge < -0.3 is 14.7 Å². The normalized spacial score (nSPS) is 8.20. The molecule has 0 aliphatic heterocycles.